The Bertz CT molecular complexity index is 2160. The van der Waals surface area contributed by atoms with Crippen LogP contribution in [0.5, 0.6) is 0 Å². The molecule has 222 valence electrons. The van der Waals surface area contributed by atoms with E-state index in [0.29, 0.717) is 32.1 Å². The van der Waals surface area contributed by atoms with E-state index < -0.39 is 22.5 Å². The fraction of sp³-hybridized carbons (Fsp3) is 0.129. The molecule has 0 unspecified atom stereocenters. The van der Waals surface area contributed by atoms with Gasteiger partial charge in [-0.25, -0.2) is 9.79 Å². The molecule has 1 aliphatic heterocycles. The first-order valence-corrected chi connectivity index (χ1v) is 15.5. The van der Waals surface area contributed by atoms with E-state index in [1.165, 1.54) is 22.8 Å². The number of fused-ring (bicyclic) bond motifs is 1. The highest BCUT2D eigenvalue weighted by Crippen LogP contribution is 2.37. The SMILES string of the molecule is CCOC(=O)C1=C(C)N=c2s/c(=C\c3ccc(-c4ccc(I)cc4)o3)c(=O)n2[C@H]1c1ccc(-c2cc([N+](=O)[O-])ccc2Cl)o1. The third-order valence-electron chi connectivity index (χ3n) is 6.87. The minimum absolute atomic E-state index is 0.112. The van der Waals surface area contributed by atoms with Crippen molar-refractivity contribution in [3.63, 3.8) is 0 Å². The highest BCUT2D eigenvalue weighted by atomic mass is 127. The number of allylic oxidation sites excluding steroid dienone is 1. The van der Waals surface area contributed by atoms with Gasteiger partial charge in [-0.3, -0.25) is 19.5 Å². The lowest BCUT2D eigenvalue weighted by molar-refractivity contribution is -0.384. The number of rotatable bonds is 7. The molecule has 1 aliphatic rings. The summed E-state index contributed by atoms with van der Waals surface area (Å²) < 4.78 is 20.3. The number of esters is 1. The summed E-state index contributed by atoms with van der Waals surface area (Å²) in [5.41, 5.74) is 1.12. The molecule has 0 saturated carbocycles. The second-order valence-electron chi connectivity index (χ2n) is 9.63. The van der Waals surface area contributed by atoms with Crippen LogP contribution >= 0.6 is 45.5 Å². The fourth-order valence-corrected chi connectivity index (χ4v) is 6.45. The molecule has 1 atom stereocenters. The summed E-state index contributed by atoms with van der Waals surface area (Å²) in [4.78, 5) is 42.9. The number of nitro benzene ring substituents is 1. The van der Waals surface area contributed by atoms with Gasteiger partial charge in [-0.05, 0) is 78.9 Å². The number of aromatic nitrogens is 1. The topological polar surface area (TPSA) is 130 Å². The van der Waals surface area contributed by atoms with Crippen molar-refractivity contribution >= 4 is 63.3 Å². The van der Waals surface area contributed by atoms with Gasteiger partial charge in [-0.15, -0.1) is 0 Å². The molecule has 0 spiro atoms. The van der Waals surface area contributed by atoms with Crippen LogP contribution in [-0.2, 0) is 9.53 Å². The molecular formula is C31H21ClIN3O7S. The van der Waals surface area contributed by atoms with Crippen molar-refractivity contribution in [1.29, 1.82) is 0 Å². The Hall–Kier alpha value is -4.27. The van der Waals surface area contributed by atoms with E-state index in [-0.39, 0.29) is 34.4 Å². The van der Waals surface area contributed by atoms with Crippen molar-refractivity contribution in [2.24, 2.45) is 4.99 Å². The van der Waals surface area contributed by atoms with Gasteiger partial charge in [0.05, 0.1) is 32.4 Å². The van der Waals surface area contributed by atoms with Crippen LogP contribution in [0, 0.1) is 13.7 Å². The number of ether oxygens (including phenoxy) is 1. The maximum Gasteiger partial charge on any atom is 0.338 e. The third kappa shape index (κ3) is 5.55. The van der Waals surface area contributed by atoms with E-state index >= 15 is 0 Å². The number of nitrogens with zero attached hydrogens (tertiary/aromatic N) is 3. The summed E-state index contributed by atoms with van der Waals surface area (Å²) in [7, 11) is 0. The lowest BCUT2D eigenvalue weighted by atomic mass is 10.0. The van der Waals surface area contributed by atoms with E-state index in [1.54, 1.807) is 38.1 Å². The summed E-state index contributed by atoms with van der Waals surface area (Å²) in [5.74, 6) is 0.940. The lowest BCUT2D eigenvalue weighted by Gasteiger charge is -2.22. The molecule has 0 bridgehead atoms. The van der Waals surface area contributed by atoms with Gasteiger partial charge in [-0.2, -0.15) is 0 Å². The fourth-order valence-electron chi connectivity index (χ4n) is 4.85. The largest absolute Gasteiger partial charge is 0.463 e. The van der Waals surface area contributed by atoms with Crippen molar-refractivity contribution < 1.29 is 23.3 Å². The molecule has 0 radical (unpaired) electrons. The van der Waals surface area contributed by atoms with Gasteiger partial charge >= 0.3 is 5.97 Å². The zero-order valence-electron chi connectivity index (χ0n) is 23.1. The molecule has 4 heterocycles. The number of carbonyl (C=O) groups is 1. The van der Waals surface area contributed by atoms with Gasteiger partial charge in [0.1, 0.15) is 29.1 Å². The highest BCUT2D eigenvalue weighted by molar-refractivity contribution is 14.1. The number of furan rings is 2. The predicted molar refractivity (Wildman–Crippen MR) is 173 cm³/mol. The molecule has 0 N–H and O–H groups in total. The van der Waals surface area contributed by atoms with Crippen molar-refractivity contribution in [1.82, 2.24) is 4.57 Å². The summed E-state index contributed by atoms with van der Waals surface area (Å²) in [6.07, 6.45) is 1.64. The summed E-state index contributed by atoms with van der Waals surface area (Å²) >= 11 is 9.74. The molecule has 0 amide bonds. The van der Waals surface area contributed by atoms with Crippen LogP contribution in [-0.4, -0.2) is 22.1 Å². The monoisotopic (exact) mass is 741 g/mol. The average molecular weight is 742 g/mol. The van der Waals surface area contributed by atoms with E-state index in [9.17, 15) is 19.7 Å². The number of benzene rings is 2. The molecule has 13 heteroatoms. The van der Waals surface area contributed by atoms with Gasteiger partial charge < -0.3 is 13.6 Å². The van der Waals surface area contributed by atoms with Crippen LogP contribution in [0.1, 0.15) is 31.4 Å². The molecule has 2 aromatic carbocycles. The second-order valence-corrected chi connectivity index (χ2v) is 12.3. The van der Waals surface area contributed by atoms with Crippen LogP contribution < -0.4 is 14.9 Å². The van der Waals surface area contributed by atoms with Gasteiger partial charge in [0, 0.05) is 32.9 Å². The van der Waals surface area contributed by atoms with Crippen LogP contribution in [0.15, 0.2) is 96.6 Å². The molecule has 5 aromatic rings. The van der Waals surface area contributed by atoms with Crippen LogP contribution in [0.2, 0.25) is 5.02 Å². The molecule has 44 heavy (non-hydrogen) atoms. The number of halogens is 2. The van der Waals surface area contributed by atoms with Gasteiger partial charge in [-0.1, -0.05) is 35.1 Å². The number of non-ortho nitro benzene ring substituents is 1. The standard InChI is InChI=1S/C31H21ClIN3O7S/c1-3-41-30(38)27-16(2)34-31-35(28(27)25-13-12-24(43-25)21-14-19(36(39)40)8-10-22(21)32)29(37)26(44-31)15-20-9-11-23(42-20)17-4-6-18(33)7-5-17/h4-15,28H,3H2,1-2H3/b26-15-/t28-/m0/s1. The number of carbonyl (C=O) groups excluding carboxylic acids is 1. The average Bonchev–Trinajstić information content (AvgIpc) is 3.73. The van der Waals surface area contributed by atoms with Gasteiger partial charge in [0.25, 0.3) is 11.2 Å². The van der Waals surface area contributed by atoms with Crippen LogP contribution in [0.25, 0.3) is 28.7 Å². The molecule has 0 fully saturated rings. The number of thiazole rings is 1. The van der Waals surface area contributed by atoms with Gasteiger partial charge in [0.2, 0.25) is 0 Å². The summed E-state index contributed by atoms with van der Waals surface area (Å²) in [6, 6.07) is 17.7. The van der Waals surface area contributed by atoms with Crippen molar-refractivity contribution in [2.75, 3.05) is 6.61 Å². The first-order chi connectivity index (χ1) is 21.1. The Morgan fingerprint density at radius 3 is 2.61 bits per heavy atom. The maximum absolute atomic E-state index is 13.9. The third-order valence-corrected chi connectivity index (χ3v) is 8.90. The Balaban J connectivity index is 1.47. The molecule has 0 saturated heterocycles. The smallest absolute Gasteiger partial charge is 0.338 e. The first-order valence-electron chi connectivity index (χ1n) is 13.2. The highest BCUT2D eigenvalue weighted by Gasteiger charge is 2.35. The van der Waals surface area contributed by atoms with E-state index in [4.69, 9.17) is 25.2 Å². The Kier molecular flexibility index (Phi) is 8.14. The van der Waals surface area contributed by atoms with Crippen molar-refractivity contribution in [2.45, 2.75) is 19.9 Å². The number of hydrogen-bond acceptors (Lipinski definition) is 9. The molecule has 3 aromatic heterocycles. The zero-order valence-corrected chi connectivity index (χ0v) is 26.8. The predicted octanol–water partition coefficient (Wildman–Crippen LogP) is 6.48. The Labute approximate surface area is 271 Å². The lowest BCUT2D eigenvalue weighted by Crippen LogP contribution is -2.39. The Morgan fingerprint density at radius 2 is 1.89 bits per heavy atom. The van der Waals surface area contributed by atoms with Crippen LogP contribution in [0.3, 0.4) is 0 Å². The van der Waals surface area contributed by atoms with Gasteiger partial charge in [0.15, 0.2) is 4.80 Å². The maximum atomic E-state index is 13.9. The first kappa shape index (κ1) is 29.8. The van der Waals surface area contributed by atoms with E-state index in [2.05, 4.69) is 27.6 Å². The molecule has 0 aliphatic carbocycles. The zero-order chi connectivity index (χ0) is 31.1. The van der Waals surface area contributed by atoms with E-state index in [0.717, 1.165) is 20.5 Å². The summed E-state index contributed by atoms with van der Waals surface area (Å²) in [5, 5.41) is 11.6. The minimum Gasteiger partial charge on any atom is -0.463 e. The molecular weight excluding hydrogens is 721 g/mol. The Morgan fingerprint density at radius 1 is 1.14 bits per heavy atom. The van der Waals surface area contributed by atoms with Crippen molar-refractivity contribution in [3.8, 4) is 22.6 Å². The quantitative estimate of drug-likeness (QED) is 0.0808. The van der Waals surface area contributed by atoms with Crippen LogP contribution in [0.4, 0.5) is 5.69 Å². The number of hydrogen-bond donors (Lipinski definition) is 0. The minimum atomic E-state index is -1.02. The summed E-state index contributed by atoms with van der Waals surface area (Å²) in [6.45, 7) is 3.46. The molecule has 6 rings (SSSR count). The van der Waals surface area contributed by atoms with E-state index in [1.807, 2.05) is 30.3 Å². The normalized spacial score (nSPS) is 14.8. The second kappa shape index (κ2) is 12.0. The number of nitro groups is 1. The molecule has 10 nitrogen and oxygen atoms in total. The van der Waals surface area contributed by atoms with Crippen molar-refractivity contribution in [3.05, 3.63) is 128 Å².